The summed E-state index contributed by atoms with van der Waals surface area (Å²) in [4.78, 5) is 4.41. The Morgan fingerprint density at radius 1 is 1.45 bits per heavy atom. The molecule has 2 nitrogen and oxygen atoms in total. The van der Waals surface area contributed by atoms with Crippen molar-refractivity contribution in [3.05, 3.63) is 12.4 Å². The molecule has 0 N–H and O–H groups in total. The molecular formula is C6H12I3N2-. The standard InChI is InChI=1S/C6H12N2.I3/c1-3-8-5-4-7(2)6-8;1-3-2/h4-5H,3,6H2,1-2H3;/q;-1. The minimum atomic E-state index is 0.530. The van der Waals surface area contributed by atoms with E-state index in [2.05, 4.69) is 73.4 Å². The zero-order valence-corrected chi connectivity index (χ0v) is 13.1. The van der Waals surface area contributed by atoms with E-state index in [1.165, 1.54) is 0 Å². The van der Waals surface area contributed by atoms with Crippen molar-refractivity contribution in [3.8, 4) is 0 Å². The van der Waals surface area contributed by atoms with Crippen LogP contribution in [0.5, 0.6) is 0 Å². The molecule has 1 aliphatic rings. The fraction of sp³-hybridized carbons (Fsp3) is 0.667. The number of hydrogen-bond donors (Lipinski definition) is 0. The Kier molecular flexibility index (Phi) is 9.28. The molecular weight excluding hydrogens is 481 g/mol. The summed E-state index contributed by atoms with van der Waals surface area (Å²) >= 11 is 5.30. The quantitative estimate of drug-likeness (QED) is 0.454. The summed E-state index contributed by atoms with van der Waals surface area (Å²) in [6, 6.07) is 0. The van der Waals surface area contributed by atoms with Gasteiger partial charge >= 0.3 is 50.5 Å². The maximum atomic E-state index is 2.39. The summed E-state index contributed by atoms with van der Waals surface area (Å²) in [7, 11) is 2.08. The summed E-state index contributed by atoms with van der Waals surface area (Å²) in [5, 5.41) is 0. The third-order valence-electron chi connectivity index (χ3n) is 1.34. The van der Waals surface area contributed by atoms with Gasteiger partial charge < -0.3 is 9.80 Å². The van der Waals surface area contributed by atoms with Gasteiger partial charge in [-0.3, -0.25) is 0 Å². The molecule has 0 aliphatic carbocycles. The Hall–Kier alpha value is 1.53. The first-order valence-corrected chi connectivity index (χ1v) is 15.8. The minimum absolute atomic E-state index is 0.530. The van der Waals surface area contributed by atoms with Gasteiger partial charge in [0.1, 0.15) is 0 Å². The van der Waals surface area contributed by atoms with Gasteiger partial charge in [-0.25, -0.2) is 0 Å². The molecule has 0 amide bonds. The Bertz CT molecular complexity index is 118. The average molecular weight is 493 g/mol. The Morgan fingerprint density at radius 3 is 2.18 bits per heavy atom. The van der Waals surface area contributed by atoms with Crippen molar-refractivity contribution in [2.45, 2.75) is 6.92 Å². The molecule has 68 valence electrons. The van der Waals surface area contributed by atoms with E-state index in [0.717, 1.165) is 13.2 Å². The molecule has 1 rings (SSSR count). The summed E-state index contributed by atoms with van der Waals surface area (Å²) in [6.07, 6.45) is 4.20. The molecule has 1 aliphatic heterocycles. The number of halogens is 3. The van der Waals surface area contributed by atoms with E-state index in [1.807, 2.05) is 0 Å². The fourth-order valence-corrected chi connectivity index (χ4v) is 0.794. The van der Waals surface area contributed by atoms with E-state index in [-0.39, 0.29) is 0 Å². The van der Waals surface area contributed by atoms with Gasteiger partial charge in [-0.15, -0.1) is 0 Å². The van der Waals surface area contributed by atoms with Crippen LogP contribution < -0.4 is 13.3 Å². The molecule has 11 heavy (non-hydrogen) atoms. The molecule has 0 aromatic heterocycles. The van der Waals surface area contributed by atoms with Crippen LogP contribution in [0, 0.1) is 0 Å². The van der Waals surface area contributed by atoms with Gasteiger partial charge in [-0.05, 0) is 6.92 Å². The summed E-state index contributed by atoms with van der Waals surface area (Å²) in [5.41, 5.74) is 0. The van der Waals surface area contributed by atoms with Crippen molar-refractivity contribution < 1.29 is 13.3 Å². The van der Waals surface area contributed by atoms with Gasteiger partial charge in [-0.2, -0.15) is 0 Å². The van der Waals surface area contributed by atoms with Crippen molar-refractivity contribution in [1.82, 2.24) is 9.80 Å². The van der Waals surface area contributed by atoms with Gasteiger partial charge in [0.25, 0.3) is 0 Å². The predicted molar refractivity (Wildman–Crippen MR) is 62.2 cm³/mol. The summed E-state index contributed by atoms with van der Waals surface area (Å²) in [6.45, 7) is 4.32. The monoisotopic (exact) mass is 493 g/mol. The molecule has 0 fully saturated rings. The van der Waals surface area contributed by atoms with Crippen LogP contribution >= 0.6 is 37.2 Å². The van der Waals surface area contributed by atoms with Gasteiger partial charge in [-0.1, -0.05) is 0 Å². The summed E-state index contributed by atoms with van der Waals surface area (Å²) in [5.74, 6) is 0. The molecule has 0 saturated heterocycles. The van der Waals surface area contributed by atoms with Crippen LogP contribution in [-0.4, -0.2) is 30.1 Å². The number of hydrogen-bond acceptors (Lipinski definition) is 2. The molecule has 5 heteroatoms. The normalized spacial score (nSPS) is 15.3. The SMILES string of the molecule is CCN1C=CN(C)C1.I[I-]I. The number of nitrogens with zero attached hydrogens (tertiary/aromatic N) is 2. The molecule has 0 aromatic carbocycles. The van der Waals surface area contributed by atoms with E-state index in [9.17, 15) is 0 Å². The molecule has 0 radical (unpaired) electrons. The Labute approximate surface area is 98.4 Å². The van der Waals surface area contributed by atoms with Gasteiger partial charge in [0.15, 0.2) is 0 Å². The van der Waals surface area contributed by atoms with Crippen molar-refractivity contribution in [3.63, 3.8) is 0 Å². The maximum absolute atomic E-state index is 2.39. The first kappa shape index (κ1) is 12.5. The average Bonchev–Trinajstić information content (AvgIpc) is 2.37. The molecule has 1 heterocycles. The van der Waals surface area contributed by atoms with Gasteiger partial charge in [0.05, 0.1) is 6.67 Å². The first-order valence-electron chi connectivity index (χ1n) is 3.24. The van der Waals surface area contributed by atoms with Crippen molar-refractivity contribution >= 4 is 37.2 Å². The molecule has 0 unspecified atom stereocenters. The summed E-state index contributed by atoms with van der Waals surface area (Å²) < 4.78 is 0. The second-order valence-corrected chi connectivity index (χ2v) is 18.4. The second-order valence-electron chi connectivity index (χ2n) is 2.16. The molecule has 0 atom stereocenters. The van der Waals surface area contributed by atoms with Crippen LogP contribution in [0.4, 0.5) is 0 Å². The predicted octanol–water partition coefficient (Wildman–Crippen LogP) is -0.542. The van der Waals surface area contributed by atoms with Crippen LogP contribution in [0.2, 0.25) is 0 Å². The van der Waals surface area contributed by atoms with E-state index < -0.39 is 0 Å². The van der Waals surface area contributed by atoms with Crippen LogP contribution in [0.15, 0.2) is 12.4 Å². The van der Waals surface area contributed by atoms with Crippen LogP contribution in [0.25, 0.3) is 0 Å². The zero-order valence-electron chi connectivity index (χ0n) is 6.60. The van der Waals surface area contributed by atoms with E-state index in [1.54, 1.807) is 0 Å². The Morgan fingerprint density at radius 2 is 2.00 bits per heavy atom. The molecule has 0 saturated carbocycles. The number of rotatable bonds is 1. The molecule has 0 aromatic rings. The van der Waals surface area contributed by atoms with E-state index in [4.69, 9.17) is 0 Å². The molecule has 0 spiro atoms. The van der Waals surface area contributed by atoms with Crippen LogP contribution in [-0.2, 0) is 0 Å². The van der Waals surface area contributed by atoms with Crippen molar-refractivity contribution in [2.24, 2.45) is 0 Å². The van der Waals surface area contributed by atoms with Gasteiger partial charge in [0.2, 0.25) is 0 Å². The Balaban J connectivity index is 0.000000292. The van der Waals surface area contributed by atoms with Gasteiger partial charge in [0, 0.05) is 26.0 Å². The van der Waals surface area contributed by atoms with E-state index >= 15 is 0 Å². The molecule has 0 bridgehead atoms. The van der Waals surface area contributed by atoms with Crippen LogP contribution in [0.1, 0.15) is 6.92 Å². The van der Waals surface area contributed by atoms with Crippen molar-refractivity contribution in [2.75, 3.05) is 20.3 Å². The topological polar surface area (TPSA) is 6.48 Å². The van der Waals surface area contributed by atoms with E-state index in [0.29, 0.717) is 13.3 Å². The fourth-order valence-electron chi connectivity index (χ4n) is 0.794. The third-order valence-corrected chi connectivity index (χ3v) is 1.34. The van der Waals surface area contributed by atoms with Crippen molar-refractivity contribution in [1.29, 1.82) is 0 Å². The van der Waals surface area contributed by atoms with Crippen LogP contribution in [0.3, 0.4) is 0 Å². The first-order chi connectivity index (χ1) is 5.24. The zero-order chi connectivity index (χ0) is 8.69. The second kappa shape index (κ2) is 8.14. The third kappa shape index (κ3) is 6.67.